The molecule has 1 fully saturated rings. The lowest BCUT2D eigenvalue weighted by atomic mass is 10.1. The van der Waals surface area contributed by atoms with Gasteiger partial charge in [-0.3, -0.25) is 0 Å². The lowest BCUT2D eigenvalue weighted by Crippen LogP contribution is -2.40. The first kappa shape index (κ1) is 18.8. The van der Waals surface area contributed by atoms with Gasteiger partial charge < -0.3 is 5.73 Å². The smallest absolute Gasteiger partial charge is 0.241 e. The third-order valence-electron chi connectivity index (χ3n) is 3.78. The zero-order chi connectivity index (χ0) is 14.9. The van der Waals surface area contributed by atoms with Crippen LogP contribution in [0.4, 0.5) is 4.39 Å². The first-order valence-electron chi connectivity index (χ1n) is 6.53. The van der Waals surface area contributed by atoms with Crippen molar-refractivity contribution in [3.05, 3.63) is 28.0 Å². The third kappa shape index (κ3) is 4.16. The van der Waals surface area contributed by atoms with Gasteiger partial charge in [0.2, 0.25) is 10.0 Å². The fourth-order valence-electron chi connectivity index (χ4n) is 2.65. The molecule has 2 unspecified atom stereocenters. The molecule has 1 aliphatic carbocycles. The molecule has 1 aromatic carbocycles. The predicted octanol–water partition coefficient (Wildman–Crippen LogP) is 2.72. The summed E-state index contributed by atoms with van der Waals surface area (Å²) in [5.41, 5.74) is 6.05. The van der Waals surface area contributed by atoms with Crippen LogP contribution in [0.25, 0.3) is 0 Å². The van der Waals surface area contributed by atoms with Crippen molar-refractivity contribution in [1.82, 2.24) is 4.72 Å². The van der Waals surface area contributed by atoms with Gasteiger partial charge in [-0.2, -0.15) is 0 Å². The summed E-state index contributed by atoms with van der Waals surface area (Å²) >= 11 is 3.02. The second-order valence-electron chi connectivity index (χ2n) is 5.19. The number of sulfonamides is 1. The number of nitrogens with one attached hydrogen (secondary N) is 1. The van der Waals surface area contributed by atoms with Crippen LogP contribution < -0.4 is 10.5 Å². The maximum absolute atomic E-state index is 13.4. The van der Waals surface area contributed by atoms with Crippen LogP contribution in [0.15, 0.2) is 21.5 Å². The van der Waals surface area contributed by atoms with Gasteiger partial charge in [0, 0.05) is 6.04 Å². The van der Waals surface area contributed by atoms with Crippen LogP contribution in [0.3, 0.4) is 0 Å². The lowest BCUT2D eigenvalue weighted by Gasteiger charge is -2.20. The zero-order valence-electron chi connectivity index (χ0n) is 11.6. The number of hydrogen-bond acceptors (Lipinski definition) is 3. The van der Waals surface area contributed by atoms with Crippen LogP contribution in [0.2, 0.25) is 0 Å². The van der Waals surface area contributed by atoms with Crippen molar-refractivity contribution in [3.8, 4) is 0 Å². The molecule has 120 valence electrons. The Balaban J connectivity index is 0.00000220. The Labute approximate surface area is 139 Å². The van der Waals surface area contributed by atoms with Gasteiger partial charge in [0.05, 0.1) is 9.37 Å². The number of aryl methyl sites for hydroxylation is 1. The molecule has 2 atom stereocenters. The molecule has 1 saturated carbocycles. The predicted molar refractivity (Wildman–Crippen MR) is 86.6 cm³/mol. The number of hydrogen-bond donors (Lipinski definition) is 2. The quantitative estimate of drug-likeness (QED) is 0.815. The van der Waals surface area contributed by atoms with Gasteiger partial charge in [0.15, 0.2) is 0 Å². The topological polar surface area (TPSA) is 72.2 Å². The van der Waals surface area contributed by atoms with Crippen LogP contribution >= 0.6 is 28.3 Å². The van der Waals surface area contributed by atoms with E-state index in [-0.39, 0.29) is 33.7 Å². The van der Waals surface area contributed by atoms with Crippen molar-refractivity contribution >= 4 is 38.4 Å². The average molecular weight is 402 g/mol. The molecule has 1 aromatic rings. The number of nitrogens with two attached hydrogens (primary N) is 1. The summed E-state index contributed by atoms with van der Waals surface area (Å²) < 4.78 is 41.1. The van der Waals surface area contributed by atoms with Gasteiger partial charge in [0.25, 0.3) is 0 Å². The normalized spacial score (nSPS) is 22.1. The molecule has 0 aliphatic heterocycles. The van der Waals surface area contributed by atoms with E-state index >= 15 is 0 Å². The molecule has 0 spiro atoms. The lowest BCUT2D eigenvalue weighted by molar-refractivity contribution is 0.452. The van der Waals surface area contributed by atoms with Crippen LogP contribution in [0.1, 0.15) is 24.8 Å². The maximum atomic E-state index is 13.4. The number of halogens is 3. The summed E-state index contributed by atoms with van der Waals surface area (Å²) in [6.45, 7) is 2.05. The highest BCUT2D eigenvalue weighted by molar-refractivity contribution is 9.10. The Morgan fingerprint density at radius 1 is 1.43 bits per heavy atom. The van der Waals surface area contributed by atoms with E-state index in [1.165, 1.54) is 12.1 Å². The molecule has 0 radical (unpaired) electrons. The molecular weight excluding hydrogens is 383 g/mol. The van der Waals surface area contributed by atoms with Crippen LogP contribution in [-0.4, -0.2) is 21.0 Å². The van der Waals surface area contributed by atoms with E-state index in [9.17, 15) is 12.8 Å². The van der Waals surface area contributed by atoms with E-state index in [2.05, 4.69) is 20.7 Å². The van der Waals surface area contributed by atoms with Crippen LogP contribution in [0.5, 0.6) is 0 Å². The van der Waals surface area contributed by atoms with Crippen molar-refractivity contribution in [3.63, 3.8) is 0 Å². The van der Waals surface area contributed by atoms with E-state index in [1.807, 2.05) is 0 Å². The fraction of sp³-hybridized carbons (Fsp3) is 0.538. The zero-order valence-corrected chi connectivity index (χ0v) is 14.8. The Bertz CT molecular complexity index is 612. The van der Waals surface area contributed by atoms with Crippen LogP contribution in [-0.2, 0) is 10.0 Å². The Kier molecular flexibility index (Phi) is 6.61. The van der Waals surface area contributed by atoms with E-state index < -0.39 is 15.8 Å². The SMILES string of the molecule is Cc1cc(F)c(Br)cc1S(=O)(=O)NC1CCCC1CN.Cl. The summed E-state index contributed by atoms with van der Waals surface area (Å²) in [7, 11) is -3.66. The van der Waals surface area contributed by atoms with Crippen molar-refractivity contribution < 1.29 is 12.8 Å². The minimum atomic E-state index is -3.66. The van der Waals surface area contributed by atoms with Crippen molar-refractivity contribution in [2.24, 2.45) is 11.7 Å². The fourth-order valence-corrected chi connectivity index (χ4v) is 4.74. The van der Waals surface area contributed by atoms with Gasteiger partial charge >= 0.3 is 0 Å². The summed E-state index contributed by atoms with van der Waals surface area (Å²) in [5.74, 6) is -0.295. The Morgan fingerprint density at radius 3 is 2.71 bits per heavy atom. The Morgan fingerprint density at radius 2 is 2.10 bits per heavy atom. The van der Waals surface area contributed by atoms with Crippen molar-refractivity contribution in [1.29, 1.82) is 0 Å². The average Bonchev–Trinajstić information content (AvgIpc) is 2.80. The Hall–Kier alpha value is -0.210. The molecule has 0 saturated heterocycles. The summed E-state index contributed by atoms with van der Waals surface area (Å²) in [6, 6.07) is 2.39. The molecule has 3 N–H and O–H groups in total. The van der Waals surface area contributed by atoms with Crippen molar-refractivity contribution in [2.45, 2.75) is 37.1 Å². The summed E-state index contributed by atoms with van der Waals surface area (Å²) in [4.78, 5) is 0.105. The molecule has 0 aromatic heterocycles. The van der Waals surface area contributed by atoms with E-state index in [0.29, 0.717) is 12.1 Å². The second kappa shape index (κ2) is 7.37. The summed E-state index contributed by atoms with van der Waals surface area (Å²) in [5, 5.41) is 0. The van der Waals surface area contributed by atoms with Crippen LogP contribution in [0, 0.1) is 18.7 Å². The van der Waals surface area contributed by atoms with Gasteiger partial charge in [-0.1, -0.05) is 6.42 Å². The first-order valence-corrected chi connectivity index (χ1v) is 8.81. The van der Waals surface area contributed by atoms with E-state index in [0.717, 1.165) is 19.3 Å². The van der Waals surface area contributed by atoms with Crippen molar-refractivity contribution in [2.75, 3.05) is 6.54 Å². The largest absolute Gasteiger partial charge is 0.330 e. The molecular formula is C13H19BrClFN2O2S. The summed E-state index contributed by atoms with van der Waals surface area (Å²) in [6.07, 6.45) is 2.71. The molecule has 1 aliphatic rings. The highest BCUT2D eigenvalue weighted by Gasteiger charge is 2.31. The minimum absolute atomic E-state index is 0. The molecule has 2 rings (SSSR count). The maximum Gasteiger partial charge on any atom is 0.241 e. The van der Waals surface area contributed by atoms with Gasteiger partial charge in [0.1, 0.15) is 5.82 Å². The third-order valence-corrected chi connectivity index (χ3v) is 6.02. The van der Waals surface area contributed by atoms with Gasteiger partial charge in [-0.05, 0) is 65.9 Å². The molecule has 0 bridgehead atoms. The van der Waals surface area contributed by atoms with E-state index in [1.54, 1.807) is 6.92 Å². The monoisotopic (exact) mass is 400 g/mol. The number of rotatable bonds is 4. The van der Waals surface area contributed by atoms with Gasteiger partial charge in [-0.15, -0.1) is 12.4 Å². The standard InChI is InChI=1S/C13H18BrFN2O2S.ClH/c1-8-5-11(15)10(14)6-13(8)20(18,19)17-12-4-2-3-9(12)7-16;/h5-6,9,12,17H,2-4,7,16H2,1H3;1H. The highest BCUT2D eigenvalue weighted by atomic mass is 79.9. The highest BCUT2D eigenvalue weighted by Crippen LogP contribution is 2.28. The minimum Gasteiger partial charge on any atom is -0.330 e. The van der Waals surface area contributed by atoms with Gasteiger partial charge in [-0.25, -0.2) is 17.5 Å². The first-order chi connectivity index (χ1) is 9.35. The molecule has 0 heterocycles. The molecule has 4 nitrogen and oxygen atoms in total. The molecule has 0 amide bonds. The molecule has 8 heteroatoms. The molecule has 21 heavy (non-hydrogen) atoms. The number of benzene rings is 1. The second-order valence-corrected chi connectivity index (χ2v) is 7.72. The van der Waals surface area contributed by atoms with E-state index in [4.69, 9.17) is 5.73 Å².